The topological polar surface area (TPSA) is 113 Å². The number of imidazole rings is 1. The van der Waals surface area contributed by atoms with E-state index in [1.54, 1.807) is 12.1 Å². The lowest BCUT2D eigenvalue weighted by Crippen LogP contribution is -2.43. The fourth-order valence-electron chi connectivity index (χ4n) is 2.34. The Balaban J connectivity index is 1.85. The molecular formula is C17H19N5O3. The molecular weight excluding hydrogens is 322 g/mol. The Morgan fingerprint density at radius 1 is 1.24 bits per heavy atom. The molecule has 8 heteroatoms. The van der Waals surface area contributed by atoms with Crippen LogP contribution < -0.4 is 15.6 Å². The molecule has 0 saturated carbocycles. The van der Waals surface area contributed by atoms with E-state index in [4.69, 9.17) is 4.74 Å². The van der Waals surface area contributed by atoms with Crippen LogP contribution in [0.1, 0.15) is 20.8 Å². The van der Waals surface area contributed by atoms with Gasteiger partial charge in [0.15, 0.2) is 17.3 Å². The van der Waals surface area contributed by atoms with Gasteiger partial charge in [0.25, 0.3) is 11.5 Å². The number of nitrogens with zero attached hydrogens (tertiary/aromatic N) is 2. The molecule has 0 fully saturated rings. The second-order valence-corrected chi connectivity index (χ2v) is 6.68. The fourth-order valence-corrected chi connectivity index (χ4v) is 2.34. The maximum absolute atomic E-state index is 12.7. The Morgan fingerprint density at radius 2 is 1.96 bits per heavy atom. The molecule has 2 heterocycles. The molecule has 0 saturated heterocycles. The van der Waals surface area contributed by atoms with Gasteiger partial charge in [-0.25, -0.2) is 4.98 Å². The van der Waals surface area contributed by atoms with Crippen LogP contribution in [-0.2, 0) is 4.79 Å². The molecule has 1 amide bonds. The van der Waals surface area contributed by atoms with Crippen LogP contribution in [0.5, 0.6) is 5.75 Å². The van der Waals surface area contributed by atoms with Crippen molar-refractivity contribution in [2.45, 2.75) is 26.9 Å². The predicted octanol–water partition coefficient (Wildman–Crippen LogP) is 2.08. The summed E-state index contributed by atoms with van der Waals surface area (Å²) in [5.74, 6) is 0.205. The number of anilines is 1. The number of aromatic nitrogens is 4. The number of aromatic amines is 2. The third-order valence-corrected chi connectivity index (χ3v) is 3.56. The summed E-state index contributed by atoms with van der Waals surface area (Å²) in [6.45, 7) is 5.69. The molecule has 2 aromatic heterocycles. The van der Waals surface area contributed by atoms with Crippen LogP contribution in [0.25, 0.3) is 11.2 Å². The monoisotopic (exact) mass is 341 g/mol. The van der Waals surface area contributed by atoms with Crippen molar-refractivity contribution < 1.29 is 9.53 Å². The molecule has 3 rings (SSSR count). The highest BCUT2D eigenvalue weighted by molar-refractivity contribution is 5.94. The minimum atomic E-state index is -0.782. The van der Waals surface area contributed by atoms with Crippen molar-refractivity contribution in [2.24, 2.45) is 5.41 Å². The van der Waals surface area contributed by atoms with Gasteiger partial charge in [-0.05, 0) is 12.1 Å². The molecule has 3 aromatic rings. The van der Waals surface area contributed by atoms with Crippen LogP contribution in [0.3, 0.4) is 0 Å². The summed E-state index contributed by atoms with van der Waals surface area (Å²) in [5.41, 5.74) is -0.397. The predicted molar refractivity (Wildman–Crippen MR) is 93.5 cm³/mol. The highest BCUT2D eigenvalue weighted by Gasteiger charge is 2.34. The zero-order chi connectivity index (χ0) is 18.0. The summed E-state index contributed by atoms with van der Waals surface area (Å²) in [6.07, 6.45) is 0.588. The molecule has 130 valence electrons. The van der Waals surface area contributed by atoms with Gasteiger partial charge in [0, 0.05) is 5.41 Å². The van der Waals surface area contributed by atoms with Gasteiger partial charge < -0.3 is 9.72 Å². The van der Waals surface area contributed by atoms with Gasteiger partial charge in [0.05, 0.1) is 6.33 Å². The molecule has 1 atom stereocenters. The van der Waals surface area contributed by atoms with E-state index in [0.717, 1.165) is 0 Å². The number of hydrogen-bond donors (Lipinski definition) is 3. The van der Waals surface area contributed by atoms with Crippen LogP contribution in [0.4, 0.5) is 5.95 Å². The summed E-state index contributed by atoms with van der Waals surface area (Å²) in [4.78, 5) is 37.9. The smallest absolute Gasteiger partial charge is 0.278 e. The van der Waals surface area contributed by atoms with Gasteiger partial charge in [-0.2, -0.15) is 4.98 Å². The Morgan fingerprint density at radius 3 is 2.64 bits per heavy atom. The first-order chi connectivity index (χ1) is 11.8. The molecule has 0 spiro atoms. The maximum atomic E-state index is 12.7. The number of ether oxygens (including phenoxy) is 1. The first-order valence-corrected chi connectivity index (χ1v) is 7.80. The van der Waals surface area contributed by atoms with Gasteiger partial charge in [-0.15, -0.1) is 0 Å². The van der Waals surface area contributed by atoms with E-state index in [1.807, 2.05) is 39.0 Å². The molecule has 1 aromatic carbocycles. The number of hydrogen-bond acceptors (Lipinski definition) is 5. The van der Waals surface area contributed by atoms with E-state index in [0.29, 0.717) is 5.75 Å². The number of carbonyl (C=O) groups excluding carboxylic acids is 1. The van der Waals surface area contributed by atoms with Crippen LogP contribution in [0.15, 0.2) is 41.5 Å². The SMILES string of the molecule is CC(C)(C)C(Oc1ccccc1)C(=O)Nc1nc2nc[nH]c2c(=O)[nH]1. The molecule has 8 nitrogen and oxygen atoms in total. The number of benzene rings is 1. The minimum absolute atomic E-state index is 0.0283. The second kappa shape index (κ2) is 6.39. The van der Waals surface area contributed by atoms with Crippen LogP contribution in [-0.4, -0.2) is 31.9 Å². The van der Waals surface area contributed by atoms with Crippen molar-refractivity contribution >= 4 is 23.0 Å². The molecule has 0 aliphatic heterocycles. The average molecular weight is 341 g/mol. The second-order valence-electron chi connectivity index (χ2n) is 6.68. The highest BCUT2D eigenvalue weighted by atomic mass is 16.5. The van der Waals surface area contributed by atoms with E-state index in [9.17, 15) is 9.59 Å². The summed E-state index contributed by atoms with van der Waals surface area (Å²) in [7, 11) is 0. The Labute approximate surface area is 143 Å². The van der Waals surface area contributed by atoms with Gasteiger partial charge in [0.2, 0.25) is 5.95 Å². The van der Waals surface area contributed by atoms with E-state index >= 15 is 0 Å². The Kier molecular flexibility index (Phi) is 4.26. The number of H-pyrrole nitrogens is 2. The quantitative estimate of drug-likeness (QED) is 0.672. The highest BCUT2D eigenvalue weighted by Crippen LogP contribution is 2.25. The number of rotatable bonds is 4. The summed E-state index contributed by atoms with van der Waals surface area (Å²) in [6, 6.07) is 9.09. The molecule has 3 N–H and O–H groups in total. The van der Waals surface area contributed by atoms with Crippen LogP contribution in [0, 0.1) is 5.41 Å². The zero-order valence-corrected chi connectivity index (χ0v) is 14.2. The van der Waals surface area contributed by atoms with E-state index < -0.39 is 23.0 Å². The molecule has 0 aliphatic carbocycles. The Hall–Kier alpha value is -3.16. The maximum Gasteiger partial charge on any atom is 0.278 e. The lowest BCUT2D eigenvalue weighted by atomic mass is 9.88. The van der Waals surface area contributed by atoms with Crippen molar-refractivity contribution in [3.05, 3.63) is 47.0 Å². The van der Waals surface area contributed by atoms with Crippen LogP contribution in [0.2, 0.25) is 0 Å². The third kappa shape index (κ3) is 3.68. The average Bonchev–Trinajstić information content (AvgIpc) is 3.01. The van der Waals surface area contributed by atoms with Gasteiger partial charge in [0.1, 0.15) is 5.75 Å². The summed E-state index contributed by atoms with van der Waals surface area (Å²) >= 11 is 0. The lowest BCUT2D eigenvalue weighted by Gasteiger charge is -2.29. The van der Waals surface area contributed by atoms with Gasteiger partial charge >= 0.3 is 0 Å². The van der Waals surface area contributed by atoms with E-state index in [1.165, 1.54) is 6.33 Å². The first-order valence-electron chi connectivity index (χ1n) is 7.80. The summed E-state index contributed by atoms with van der Waals surface area (Å²) < 4.78 is 5.86. The molecule has 0 radical (unpaired) electrons. The fraction of sp³-hybridized carbons (Fsp3) is 0.294. The van der Waals surface area contributed by atoms with Crippen molar-refractivity contribution in [2.75, 3.05) is 5.32 Å². The van der Waals surface area contributed by atoms with E-state index in [-0.39, 0.29) is 17.1 Å². The lowest BCUT2D eigenvalue weighted by molar-refractivity contribution is -0.127. The molecule has 25 heavy (non-hydrogen) atoms. The number of fused-ring (bicyclic) bond motifs is 1. The molecule has 1 unspecified atom stereocenters. The van der Waals surface area contributed by atoms with Crippen molar-refractivity contribution in [3.63, 3.8) is 0 Å². The van der Waals surface area contributed by atoms with Crippen LogP contribution >= 0.6 is 0 Å². The number of para-hydroxylation sites is 1. The van der Waals surface area contributed by atoms with Crippen molar-refractivity contribution in [1.29, 1.82) is 0 Å². The van der Waals surface area contributed by atoms with Gasteiger partial charge in [-0.1, -0.05) is 39.0 Å². The Bertz CT molecular complexity index is 940. The number of nitrogens with one attached hydrogen (secondary N) is 3. The van der Waals surface area contributed by atoms with Crippen molar-refractivity contribution in [1.82, 2.24) is 19.9 Å². The molecule has 0 aliphatic rings. The molecule has 0 bridgehead atoms. The largest absolute Gasteiger partial charge is 0.480 e. The normalized spacial score (nSPS) is 12.8. The summed E-state index contributed by atoms with van der Waals surface area (Å²) in [5, 5.41) is 2.61. The minimum Gasteiger partial charge on any atom is -0.480 e. The van der Waals surface area contributed by atoms with E-state index in [2.05, 4.69) is 25.3 Å². The first kappa shape index (κ1) is 16.7. The standard InChI is InChI=1S/C17H19N5O3/c1-17(2,3)12(25-10-7-5-4-6-8-10)15(24)22-16-20-13-11(14(23)21-16)18-9-19-13/h4-9,12H,1-3H3,(H3,18,19,20,21,22,23,24). The third-order valence-electron chi connectivity index (χ3n) is 3.56. The number of carbonyl (C=O) groups is 1. The van der Waals surface area contributed by atoms with Gasteiger partial charge in [-0.3, -0.25) is 19.9 Å². The van der Waals surface area contributed by atoms with Crippen molar-refractivity contribution in [3.8, 4) is 5.75 Å². The zero-order valence-electron chi connectivity index (χ0n) is 14.2. The number of amides is 1.